The van der Waals surface area contributed by atoms with E-state index in [4.69, 9.17) is 5.73 Å². The van der Waals surface area contributed by atoms with Crippen LogP contribution in [0, 0.1) is 0 Å². The molecule has 78 valence electrons. The zero-order valence-electron chi connectivity index (χ0n) is 8.70. The van der Waals surface area contributed by atoms with Crippen LogP contribution in [0.4, 0.5) is 0 Å². The van der Waals surface area contributed by atoms with Crippen LogP contribution in [-0.2, 0) is 6.42 Å². The second-order valence-corrected chi connectivity index (χ2v) is 5.27. The lowest BCUT2D eigenvalue weighted by atomic mass is 10.1. The molecule has 1 heterocycles. The first-order valence-corrected chi connectivity index (χ1v) is 6.33. The lowest BCUT2D eigenvalue weighted by Crippen LogP contribution is -2.17. The molecule has 0 radical (unpaired) electrons. The zero-order chi connectivity index (χ0) is 9.97. The van der Waals surface area contributed by atoms with Gasteiger partial charge in [0.25, 0.3) is 0 Å². The van der Waals surface area contributed by atoms with Gasteiger partial charge in [0, 0.05) is 23.8 Å². The highest BCUT2D eigenvalue weighted by Gasteiger charge is 2.19. The van der Waals surface area contributed by atoms with Crippen LogP contribution in [0.5, 0.6) is 0 Å². The quantitative estimate of drug-likeness (QED) is 0.833. The summed E-state index contributed by atoms with van der Waals surface area (Å²) in [6.45, 7) is 2.04. The predicted molar refractivity (Wildman–Crippen MR) is 60.7 cm³/mol. The van der Waals surface area contributed by atoms with Crippen molar-refractivity contribution in [3.8, 4) is 0 Å². The van der Waals surface area contributed by atoms with Crippen LogP contribution in [0.1, 0.15) is 49.2 Å². The van der Waals surface area contributed by atoms with E-state index in [0.29, 0.717) is 0 Å². The molecule has 0 aliphatic heterocycles. The van der Waals surface area contributed by atoms with Crippen molar-refractivity contribution in [2.24, 2.45) is 5.73 Å². The average Bonchev–Trinajstić information content (AvgIpc) is 2.69. The van der Waals surface area contributed by atoms with Crippen molar-refractivity contribution in [3.63, 3.8) is 0 Å². The first kappa shape index (κ1) is 10.1. The molecule has 2 rings (SSSR count). The van der Waals surface area contributed by atoms with Gasteiger partial charge in [-0.3, -0.25) is 0 Å². The highest BCUT2D eigenvalue weighted by Crippen LogP contribution is 2.34. The maximum atomic E-state index is 5.75. The van der Waals surface area contributed by atoms with Gasteiger partial charge < -0.3 is 5.73 Å². The lowest BCUT2D eigenvalue weighted by molar-refractivity contribution is 0.687. The van der Waals surface area contributed by atoms with Crippen LogP contribution in [0.25, 0.3) is 0 Å². The Morgan fingerprint density at radius 2 is 2.29 bits per heavy atom. The molecule has 1 atom stereocenters. The van der Waals surface area contributed by atoms with Gasteiger partial charge in [-0.2, -0.15) is 0 Å². The molecule has 0 bridgehead atoms. The molecule has 0 amide bonds. The molecule has 1 aliphatic rings. The number of thiazole rings is 1. The van der Waals surface area contributed by atoms with Crippen molar-refractivity contribution in [1.82, 2.24) is 4.98 Å². The highest BCUT2D eigenvalue weighted by molar-refractivity contribution is 7.09. The summed E-state index contributed by atoms with van der Waals surface area (Å²) in [5, 5.41) is 3.44. The summed E-state index contributed by atoms with van der Waals surface area (Å²) < 4.78 is 0. The SMILES string of the molecule is CC(N)Cc1nc(C2CCCC2)cs1. The Hall–Kier alpha value is -0.410. The van der Waals surface area contributed by atoms with Gasteiger partial charge >= 0.3 is 0 Å². The topological polar surface area (TPSA) is 38.9 Å². The predicted octanol–water partition coefficient (Wildman–Crippen LogP) is 2.69. The van der Waals surface area contributed by atoms with Crippen molar-refractivity contribution in [1.29, 1.82) is 0 Å². The third-order valence-corrected chi connectivity index (χ3v) is 3.73. The molecule has 0 aromatic carbocycles. The number of hydrogen-bond acceptors (Lipinski definition) is 3. The first-order valence-electron chi connectivity index (χ1n) is 5.45. The maximum Gasteiger partial charge on any atom is 0.0943 e. The van der Waals surface area contributed by atoms with E-state index in [1.54, 1.807) is 11.3 Å². The summed E-state index contributed by atoms with van der Waals surface area (Å²) in [5.41, 5.74) is 7.08. The molecule has 1 aromatic rings. The molecule has 1 saturated carbocycles. The summed E-state index contributed by atoms with van der Waals surface area (Å²) >= 11 is 1.77. The number of aromatic nitrogens is 1. The molecule has 0 saturated heterocycles. The Kier molecular flexibility index (Phi) is 3.19. The Bertz CT molecular complexity index is 287. The van der Waals surface area contributed by atoms with Crippen LogP contribution >= 0.6 is 11.3 Å². The van der Waals surface area contributed by atoms with Crippen molar-refractivity contribution in [3.05, 3.63) is 16.1 Å². The third kappa shape index (κ3) is 2.34. The first-order chi connectivity index (χ1) is 6.75. The number of hydrogen-bond donors (Lipinski definition) is 1. The fourth-order valence-electron chi connectivity index (χ4n) is 2.10. The summed E-state index contributed by atoms with van der Waals surface area (Å²) in [6.07, 6.45) is 6.36. The van der Waals surface area contributed by atoms with Crippen LogP contribution in [-0.4, -0.2) is 11.0 Å². The lowest BCUT2D eigenvalue weighted by Gasteiger charge is -2.04. The van der Waals surface area contributed by atoms with Crippen LogP contribution < -0.4 is 5.73 Å². The Balaban J connectivity index is 2.01. The normalized spacial score (nSPS) is 20.1. The molecular formula is C11H18N2S. The smallest absolute Gasteiger partial charge is 0.0943 e. The van der Waals surface area contributed by atoms with Crippen molar-refractivity contribution < 1.29 is 0 Å². The van der Waals surface area contributed by atoms with Crippen LogP contribution in [0.15, 0.2) is 5.38 Å². The summed E-state index contributed by atoms with van der Waals surface area (Å²) in [4.78, 5) is 4.67. The Morgan fingerprint density at radius 3 is 2.93 bits per heavy atom. The molecular weight excluding hydrogens is 192 g/mol. The van der Waals surface area contributed by atoms with Gasteiger partial charge in [0.15, 0.2) is 0 Å². The summed E-state index contributed by atoms with van der Waals surface area (Å²) in [7, 11) is 0. The third-order valence-electron chi connectivity index (χ3n) is 2.84. The van der Waals surface area contributed by atoms with Gasteiger partial charge in [0.2, 0.25) is 0 Å². The molecule has 1 aromatic heterocycles. The van der Waals surface area contributed by atoms with Crippen LogP contribution in [0.2, 0.25) is 0 Å². The second-order valence-electron chi connectivity index (χ2n) is 4.33. The highest BCUT2D eigenvalue weighted by atomic mass is 32.1. The fraction of sp³-hybridized carbons (Fsp3) is 0.727. The van der Waals surface area contributed by atoms with E-state index >= 15 is 0 Å². The minimum Gasteiger partial charge on any atom is -0.328 e. The van der Waals surface area contributed by atoms with E-state index in [1.807, 2.05) is 6.92 Å². The second kappa shape index (κ2) is 4.41. The van der Waals surface area contributed by atoms with Crippen molar-refractivity contribution in [2.75, 3.05) is 0 Å². The van der Waals surface area contributed by atoms with Crippen molar-refractivity contribution in [2.45, 2.75) is 51.0 Å². The Labute approximate surface area is 89.5 Å². The zero-order valence-corrected chi connectivity index (χ0v) is 9.52. The molecule has 2 nitrogen and oxygen atoms in total. The van der Waals surface area contributed by atoms with E-state index in [9.17, 15) is 0 Å². The standard InChI is InChI=1S/C11H18N2S/c1-8(12)6-11-13-10(7-14-11)9-4-2-3-5-9/h7-9H,2-6,12H2,1H3. The molecule has 2 N–H and O–H groups in total. The van der Waals surface area contributed by atoms with E-state index in [1.165, 1.54) is 36.4 Å². The maximum absolute atomic E-state index is 5.75. The fourth-order valence-corrected chi connectivity index (χ4v) is 3.12. The monoisotopic (exact) mass is 210 g/mol. The molecule has 0 spiro atoms. The Morgan fingerprint density at radius 1 is 1.57 bits per heavy atom. The number of nitrogens with zero attached hydrogens (tertiary/aromatic N) is 1. The van der Waals surface area contributed by atoms with Crippen molar-refractivity contribution >= 4 is 11.3 Å². The van der Waals surface area contributed by atoms with E-state index in [-0.39, 0.29) is 6.04 Å². The van der Waals surface area contributed by atoms with E-state index in [2.05, 4.69) is 10.4 Å². The van der Waals surface area contributed by atoms with Gasteiger partial charge in [0.05, 0.1) is 10.7 Å². The summed E-state index contributed by atoms with van der Waals surface area (Å²) in [6, 6.07) is 0.234. The summed E-state index contributed by atoms with van der Waals surface area (Å²) in [5.74, 6) is 0.744. The van der Waals surface area contributed by atoms with E-state index < -0.39 is 0 Å². The average molecular weight is 210 g/mol. The largest absolute Gasteiger partial charge is 0.328 e. The van der Waals surface area contributed by atoms with Gasteiger partial charge in [-0.15, -0.1) is 11.3 Å². The molecule has 1 aliphatic carbocycles. The van der Waals surface area contributed by atoms with Gasteiger partial charge in [-0.1, -0.05) is 12.8 Å². The molecule has 14 heavy (non-hydrogen) atoms. The molecule has 3 heteroatoms. The van der Waals surface area contributed by atoms with Gasteiger partial charge in [0.1, 0.15) is 0 Å². The number of nitrogens with two attached hydrogens (primary N) is 1. The minimum atomic E-state index is 0.234. The molecule has 1 unspecified atom stereocenters. The number of rotatable bonds is 3. The van der Waals surface area contributed by atoms with E-state index in [0.717, 1.165) is 12.3 Å². The minimum absolute atomic E-state index is 0.234. The van der Waals surface area contributed by atoms with Gasteiger partial charge in [-0.25, -0.2) is 4.98 Å². The van der Waals surface area contributed by atoms with Crippen LogP contribution in [0.3, 0.4) is 0 Å². The van der Waals surface area contributed by atoms with Gasteiger partial charge in [-0.05, 0) is 19.8 Å². The molecule has 1 fully saturated rings.